The summed E-state index contributed by atoms with van der Waals surface area (Å²) in [6.07, 6.45) is 0. The molecular weight excluding hydrogens is 430 g/mol. The second kappa shape index (κ2) is 10.9. The zero-order valence-corrected chi connectivity index (χ0v) is 18.1. The van der Waals surface area contributed by atoms with E-state index in [-0.39, 0.29) is 16.7 Å². The van der Waals surface area contributed by atoms with Gasteiger partial charge in [-0.25, -0.2) is 0 Å². The Bertz CT molecular complexity index is 1100. The molecule has 0 atom stereocenters. The van der Waals surface area contributed by atoms with Gasteiger partial charge in [-0.15, -0.1) is 0 Å². The van der Waals surface area contributed by atoms with E-state index in [1.807, 2.05) is 30.3 Å². The summed E-state index contributed by atoms with van der Waals surface area (Å²) in [6, 6.07) is 20.4. The molecule has 2 N–H and O–H groups in total. The van der Waals surface area contributed by atoms with Crippen LogP contribution in [0.3, 0.4) is 0 Å². The number of rotatable bonds is 8. The maximum absolute atomic E-state index is 12.4. The molecule has 1 amide bonds. The van der Waals surface area contributed by atoms with Crippen molar-refractivity contribution < 1.29 is 19.2 Å². The Balaban J connectivity index is 1.46. The van der Waals surface area contributed by atoms with Crippen molar-refractivity contribution in [3.05, 3.63) is 94.0 Å². The summed E-state index contributed by atoms with van der Waals surface area (Å²) in [5.41, 5.74) is 1.59. The van der Waals surface area contributed by atoms with Gasteiger partial charge in [0, 0.05) is 23.4 Å². The zero-order chi connectivity index (χ0) is 22.9. The topological polar surface area (TPSA) is 103 Å². The summed E-state index contributed by atoms with van der Waals surface area (Å²) in [5, 5.41) is 16.4. The summed E-state index contributed by atoms with van der Waals surface area (Å²) in [4.78, 5) is 22.8. The Morgan fingerprint density at radius 1 is 0.969 bits per heavy atom. The first-order valence-corrected chi connectivity index (χ1v) is 10.1. The maximum atomic E-state index is 12.4. The third-order valence-corrected chi connectivity index (χ3v) is 4.58. The first kappa shape index (κ1) is 22.7. The first-order chi connectivity index (χ1) is 15.4. The monoisotopic (exact) mass is 451 g/mol. The molecule has 0 unspecified atom stereocenters. The van der Waals surface area contributed by atoms with Gasteiger partial charge in [-0.2, -0.15) is 0 Å². The van der Waals surface area contributed by atoms with E-state index in [1.54, 1.807) is 37.3 Å². The van der Waals surface area contributed by atoms with Gasteiger partial charge in [0.1, 0.15) is 24.7 Å². The Labute approximate surface area is 190 Å². The number of hydrogen-bond donors (Lipinski definition) is 2. The normalized spacial score (nSPS) is 10.2. The summed E-state index contributed by atoms with van der Waals surface area (Å²) in [5.74, 6) is 0.998. The molecule has 0 spiro atoms. The molecule has 0 aliphatic rings. The minimum atomic E-state index is -0.472. The highest BCUT2D eigenvalue weighted by Gasteiger charge is 2.11. The fourth-order valence-electron chi connectivity index (χ4n) is 2.77. The van der Waals surface area contributed by atoms with Crippen LogP contribution in [0.1, 0.15) is 15.9 Å². The fourth-order valence-corrected chi connectivity index (χ4v) is 2.97. The largest absolute Gasteiger partial charge is 0.490 e. The van der Waals surface area contributed by atoms with Crippen molar-refractivity contribution in [1.29, 1.82) is 0 Å². The van der Waals surface area contributed by atoms with E-state index in [1.165, 1.54) is 12.1 Å². The van der Waals surface area contributed by atoms with Crippen LogP contribution in [0.5, 0.6) is 11.5 Å². The Hall–Kier alpha value is -3.98. The third kappa shape index (κ3) is 6.51. The molecule has 164 valence electrons. The van der Waals surface area contributed by atoms with Gasteiger partial charge in [0.2, 0.25) is 0 Å². The van der Waals surface area contributed by atoms with Crippen molar-refractivity contribution in [2.75, 3.05) is 18.5 Å². The minimum absolute atomic E-state index is 0.0167. The predicted molar refractivity (Wildman–Crippen MR) is 125 cm³/mol. The molecule has 0 bridgehead atoms. The molecule has 8 nitrogen and oxygen atoms in total. The van der Waals surface area contributed by atoms with Gasteiger partial charge in [-0.1, -0.05) is 18.2 Å². The molecule has 0 aromatic heterocycles. The zero-order valence-electron chi connectivity index (χ0n) is 17.2. The van der Waals surface area contributed by atoms with E-state index in [0.29, 0.717) is 35.8 Å². The van der Waals surface area contributed by atoms with Gasteiger partial charge in [0.25, 0.3) is 11.6 Å². The lowest BCUT2D eigenvalue weighted by Crippen LogP contribution is -2.34. The highest BCUT2D eigenvalue weighted by molar-refractivity contribution is 7.80. The molecule has 0 radical (unpaired) electrons. The minimum Gasteiger partial charge on any atom is -0.490 e. The molecular formula is C23H21N3O5S. The molecule has 0 saturated heterocycles. The number of carbonyl (C=O) groups excluding carboxylic acids is 1. The number of nitro groups is 1. The van der Waals surface area contributed by atoms with E-state index < -0.39 is 4.92 Å². The number of thiocarbonyl (C=S) groups is 1. The van der Waals surface area contributed by atoms with Gasteiger partial charge in [0.15, 0.2) is 5.11 Å². The Morgan fingerprint density at radius 2 is 1.59 bits per heavy atom. The van der Waals surface area contributed by atoms with E-state index in [4.69, 9.17) is 21.7 Å². The molecule has 0 aliphatic carbocycles. The fraction of sp³-hybridized carbons (Fsp3) is 0.130. The van der Waals surface area contributed by atoms with Crippen molar-refractivity contribution in [1.82, 2.24) is 5.32 Å². The van der Waals surface area contributed by atoms with Crippen LogP contribution in [0.2, 0.25) is 0 Å². The van der Waals surface area contributed by atoms with Crippen LogP contribution >= 0.6 is 12.2 Å². The lowest BCUT2D eigenvalue weighted by molar-refractivity contribution is -0.384. The predicted octanol–water partition coefficient (Wildman–Crippen LogP) is 4.49. The van der Waals surface area contributed by atoms with Crippen LogP contribution in [-0.4, -0.2) is 29.2 Å². The molecule has 3 aromatic rings. The first-order valence-electron chi connectivity index (χ1n) is 9.70. The van der Waals surface area contributed by atoms with E-state index >= 15 is 0 Å². The molecule has 0 fully saturated rings. The number of benzene rings is 3. The number of carbonyl (C=O) groups is 1. The SMILES string of the molecule is Cc1cc([N+](=O)[O-])ccc1NC(=S)NC(=O)c1ccc(OCCOc2ccccc2)cc1. The van der Waals surface area contributed by atoms with E-state index in [2.05, 4.69) is 10.6 Å². The maximum Gasteiger partial charge on any atom is 0.269 e. The standard InChI is InChI=1S/C23H21N3O5S/c1-16-15-18(26(28)29)9-12-21(16)24-23(32)25-22(27)17-7-10-20(11-8-17)31-14-13-30-19-5-3-2-4-6-19/h2-12,15H,13-14H2,1H3,(H2,24,25,27,32). The number of nitro benzene ring substituents is 1. The number of para-hydroxylation sites is 1. The van der Waals surface area contributed by atoms with Crippen LogP contribution in [0.15, 0.2) is 72.8 Å². The molecule has 0 aliphatic heterocycles. The van der Waals surface area contributed by atoms with Crippen molar-refractivity contribution in [3.63, 3.8) is 0 Å². The smallest absolute Gasteiger partial charge is 0.269 e. The Kier molecular flexibility index (Phi) is 7.71. The molecule has 3 rings (SSSR count). The average molecular weight is 452 g/mol. The number of ether oxygens (including phenoxy) is 2. The van der Waals surface area contributed by atoms with Crippen molar-refractivity contribution in [2.45, 2.75) is 6.92 Å². The third-order valence-electron chi connectivity index (χ3n) is 4.38. The van der Waals surface area contributed by atoms with Crippen LogP contribution in [0.25, 0.3) is 0 Å². The van der Waals surface area contributed by atoms with Gasteiger partial charge in [0.05, 0.1) is 4.92 Å². The molecule has 0 heterocycles. The summed E-state index contributed by atoms with van der Waals surface area (Å²) >= 11 is 5.18. The van der Waals surface area contributed by atoms with Crippen LogP contribution in [0, 0.1) is 17.0 Å². The van der Waals surface area contributed by atoms with E-state index in [0.717, 1.165) is 5.75 Å². The second-order valence-electron chi connectivity index (χ2n) is 6.70. The van der Waals surface area contributed by atoms with Crippen LogP contribution in [-0.2, 0) is 0 Å². The van der Waals surface area contributed by atoms with Crippen molar-refractivity contribution in [3.8, 4) is 11.5 Å². The van der Waals surface area contributed by atoms with Crippen molar-refractivity contribution in [2.24, 2.45) is 0 Å². The summed E-state index contributed by atoms with van der Waals surface area (Å²) in [6.45, 7) is 2.47. The highest BCUT2D eigenvalue weighted by Crippen LogP contribution is 2.21. The second-order valence-corrected chi connectivity index (χ2v) is 7.11. The molecule has 32 heavy (non-hydrogen) atoms. The number of anilines is 1. The van der Waals surface area contributed by atoms with Crippen LogP contribution < -0.4 is 20.1 Å². The summed E-state index contributed by atoms with van der Waals surface area (Å²) in [7, 11) is 0. The van der Waals surface area contributed by atoms with E-state index in [9.17, 15) is 14.9 Å². The summed E-state index contributed by atoms with van der Waals surface area (Å²) < 4.78 is 11.2. The lowest BCUT2D eigenvalue weighted by atomic mass is 10.2. The number of nitrogens with one attached hydrogen (secondary N) is 2. The average Bonchev–Trinajstić information content (AvgIpc) is 2.79. The molecule has 3 aromatic carbocycles. The number of nitrogens with zero attached hydrogens (tertiary/aromatic N) is 1. The lowest BCUT2D eigenvalue weighted by Gasteiger charge is -2.12. The van der Waals surface area contributed by atoms with Crippen LogP contribution in [0.4, 0.5) is 11.4 Å². The number of aryl methyl sites for hydroxylation is 1. The molecule has 0 saturated carbocycles. The van der Waals surface area contributed by atoms with Crippen molar-refractivity contribution >= 4 is 34.6 Å². The highest BCUT2D eigenvalue weighted by atomic mass is 32.1. The van der Waals surface area contributed by atoms with Gasteiger partial charge in [-0.05, 0) is 67.2 Å². The van der Waals surface area contributed by atoms with Gasteiger partial charge < -0.3 is 14.8 Å². The number of non-ortho nitro benzene ring substituents is 1. The Morgan fingerprint density at radius 3 is 2.19 bits per heavy atom. The number of amides is 1. The van der Waals surface area contributed by atoms with Gasteiger partial charge >= 0.3 is 0 Å². The quantitative estimate of drug-likeness (QED) is 0.225. The molecule has 9 heteroatoms. The number of hydrogen-bond acceptors (Lipinski definition) is 6. The van der Waals surface area contributed by atoms with Gasteiger partial charge in [-0.3, -0.25) is 20.2 Å².